The number of carbonyl (C=O) groups is 6. The van der Waals surface area contributed by atoms with E-state index in [0.717, 1.165) is 6.42 Å². The van der Waals surface area contributed by atoms with Crippen LogP contribution in [0.15, 0.2) is 140 Å². The standard InChI is InChI=1S/C13H12.C10H8.C7H5ClO.2C3H6O.3C2H3ClO.5C2H6/c1-3-7-12(8-4-1)11-13-9-5-2-6-10-13;1-2-6-10-8-4-3-7-9(10)5-1;8-7(9)6-4-2-1-3-5-6;2*1-3(2)4;3*1-2(3)4;5*1-2/h1-10H,11H2;1-8H;1-5H;2*1-2H3;3*1H3;5*1-2H3. The molecule has 0 amide bonds. The SMILES string of the molecule is CC.CC.CC.CC.CC.CC(=O)Cl.CC(=O)Cl.CC(=O)Cl.CC(C)=O.CC(C)=O.O=C(Cl)c1ccccc1.c1ccc(Cc2ccccc2)cc1.c1ccc2ccccc2c1. The van der Waals surface area contributed by atoms with Crippen molar-refractivity contribution in [3.63, 3.8) is 0 Å². The van der Waals surface area contributed by atoms with Crippen molar-refractivity contribution in [2.75, 3.05) is 0 Å². The van der Waals surface area contributed by atoms with Crippen LogP contribution in [-0.4, -0.2) is 32.5 Å². The van der Waals surface area contributed by atoms with Gasteiger partial charge in [-0.3, -0.25) is 19.2 Å². The molecule has 0 bridgehead atoms. The Morgan fingerprint density at radius 3 is 0.645 bits per heavy atom. The molecule has 5 aromatic rings. The summed E-state index contributed by atoms with van der Waals surface area (Å²) in [7, 11) is 0. The molecule has 0 unspecified atom stereocenters. The summed E-state index contributed by atoms with van der Waals surface area (Å²) in [5.74, 6) is 0.333. The highest BCUT2D eigenvalue weighted by molar-refractivity contribution is 6.67. The minimum atomic E-state index is -0.407. The lowest BCUT2D eigenvalue weighted by Crippen LogP contribution is -1.85. The zero-order chi connectivity index (χ0) is 50.3. The van der Waals surface area contributed by atoms with Crippen molar-refractivity contribution < 1.29 is 28.8 Å². The average Bonchev–Trinajstić information content (AvgIpc) is 3.25. The number of carbonyl (C=O) groups excluding carboxylic acids is 6. The lowest BCUT2D eigenvalue weighted by molar-refractivity contribution is -0.115. The van der Waals surface area contributed by atoms with Crippen LogP contribution in [-0.2, 0) is 30.4 Å². The summed E-state index contributed by atoms with van der Waals surface area (Å²) in [5.41, 5.74) is 3.28. The van der Waals surface area contributed by atoms with Gasteiger partial charge in [0.15, 0.2) is 0 Å². The Labute approximate surface area is 396 Å². The molecule has 5 rings (SSSR count). The van der Waals surface area contributed by atoms with Gasteiger partial charge in [-0.2, -0.15) is 0 Å². The quantitative estimate of drug-likeness (QED) is 0.167. The molecular formula is C52H76Cl4O6. The summed E-state index contributed by atoms with van der Waals surface area (Å²) < 4.78 is 0. The number of hydrogen-bond donors (Lipinski definition) is 0. The molecule has 0 aliphatic heterocycles. The lowest BCUT2D eigenvalue weighted by atomic mass is 10.1. The van der Waals surface area contributed by atoms with E-state index < -0.39 is 5.24 Å². The number of halogens is 4. The molecule has 0 radical (unpaired) electrons. The van der Waals surface area contributed by atoms with Crippen LogP contribution < -0.4 is 0 Å². The first-order chi connectivity index (χ1) is 29.4. The second-order valence-corrected chi connectivity index (χ2v) is 12.3. The molecule has 10 heteroatoms. The third-order valence-corrected chi connectivity index (χ3v) is 4.97. The van der Waals surface area contributed by atoms with Crippen molar-refractivity contribution in [2.24, 2.45) is 0 Å². The maximum absolute atomic E-state index is 10.4. The Balaban J connectivity index is -0.0000000908. The summed E-state index contributed by atoms with van der Waals surface area (Å²) in [6.45, 7) is 30.0. The molecule has 0 aromatic heterocycles. The number of benzene rings is 5. The van der Waals surface area contributed by atoms with Crippen molar-refractivity contribution in [3.05, 3.63) is 156 Å². The van der Waals surface area contributed by atoms with Gasteiger partial charge in [0.1, 0.15) is 11.6 Å². The summed E-state index contributed by atoms with van der Waals surface area (Å²) in [5, 5.41) is 1.13. The van der Waals surface area contributed by atoms with Crippen LogP contribution in [0, 0.1) is 0 Å². The van der Waals surface area contributed by atoms with E-state index in [1.165, 1.54) is 70.4 Å². The fourth-order valence-electron chi connectivity index (χ4n) is 3.13. The Morgan fingerprint density at radius 1 is 0.323 bits per heavy atom. The zero-order valence-corrected chi connectivity index (χ0v) is 43.5. The first kappa shape index (κ1) is 74.9. The largest absolute Gasteiger partial charge is 0.300 e. The molecule has 0 heterocycles. The predicted molar refractivity (Wildman–Crippen MR) is 275 cm³/mol. The van der Waals surface area contributed by atoms with Crippen molar-refractivity contribution in [2.45, 2.75) is 124 Å². The van der Waals surface area contributed by atoms with Crippen molar-refractivity contribution in [1.29, 1.82) is 0 Å². The van der Waals surface area contributed by atoms with Gasteiger partial charge in [-0.15, -0.1) is 0 Å². The van der Waals surface area contributed by atoms with E-state index in [1.54, 1.807) is 24.3 Å². The molecule has 0 fully saturated rings. The molecule has 0 aliphatic rings. The molecule has 348 valence electrons. The molecule has 0 saturated carbocycles. The highest BCUT2D eigenvalue weighted by Crippen LogP contribution is 2.11. The van der Waals surface area contributed by atoms with E-state index in [0.29, 0.717) is 5.56 Å². The summed E-state index contributed by atoms with van der Waals surface area (Å²) in [6.07, 6.45) is 1.03. The van der Waals surface area contributed by atoms with Gasteiger partial charge in [0, 0.05) is 26.3 Å². The fourth-order valence-corrected chi connectivity index (χ4v) is 3.26. The number of ketones is 2. The monoisotopic (exact) mass is 936 g/mol. The lowest BCUT2D eigenvalue weighted by Gasteiger charge is -2.00. The highest BCUT2D eigenvalue weighted by atomic mass is 35.5. The number of Topliss-reactive ketones (excluding diaryl/α,β-unsaturated/α-hetero) is 2. The maximum Gasteiger partial charge on any atom is 0.252 e. The Morgan fingerprint density at radius 2 is 0.484 bits per heavy atom. The fraction of sp³-hybridized carbons (Fsp3) is 0.346. The first-order valence-corrected chi connectivity index (χ1v) is 22.1. The van der Waals surface area contributed by atoms with Crippen LogP contribution in [0.2, 0.25) is 0 Å². The topological polar surface area (TPSA) is 102 Å². The van der Waals surface area contributed by atoms with Gasteiger partial charge in [-0.05, 0) is 102 Å². The van der Waals surface area contributed by atoms with Gasteiger partial charge in [-0.1, -0.05) is 209 Å². The normalized spacial score (nSPS) is 7.56. The van der Waals surface area contributed by atoms with Crippen LogP contribution in [0.25, 0.3) is 10.8 Å². The van der Waals surface area contributed by atoms with Crippen molar-refractivity contribution in [3.8, 4) is 0 Å². The van der Waals surface area contributed by atoms with E-state index in [1.807, 2.05) is 75.3 Å². The maximum atomic E-state index is 10.4. The Kier molecular flexibility index (Phi) is 76.4. The number of fused-ring (bicyclic) bond motifs is 1. The van der Waals surface area contributed by atoms with Crippen molar-refractivity contribution in [1.82, 2.24) is 0 Å². The van der Waals surface area contributed by atoms with E-state index in [9.17, 15) is 28.8 Å². The van der Waals surface area contributed by atoms with Crippen LogP contribution in [0.5, 0.6) is 0 Å². The smallest absolute Gasteiger partial charge is 0.252 e. The third-order valence-electron chi connectivity index (χ3n) is 4.75. The van der Waals surface area contributed by atoms with E-state index in [-0.39, 0.29) is 27.3 Å². The highest BCUT2D eigenvalue weighted by Gasteiger charge is 1.96. The van der Waals surface area contributed by atoms with E-state index in [2.05, 4.69) is 144 Å². The Hall–Kier alpha value is -4.46. The third kappa shape index (κ3) is 79.7. The van der Waals surface area contributed by atoms with Crippen molar-refractivity contribution >= 4 is 89.7 Å². The second kappa shape index (κ2) is 63.2. The second-order valence-electron chi connectivity index (χ2n) is 10.4. The van der Waals surface area contributed by atoms with Gasteiger partial charge in [0.25, 0.3) is 5.24 Å². The number of rotatable bonds is 3. The zero-order valence-electron chi connectivity index (χ0n) is 40.4. The summed E-state index contributed by atoms with van der Waals surface area (Å²) in [4.78, 5) is 56.9. The average molecular weight is 939 g/mol. The van der Waals surface area contributed by atoms with Gasteiger partial charge in [0.2, 0.25) is 15.7 Å². The summed E-state index contributed by atoms with van der Waals surface area (Å²) in [6, 6.07) is 46.5. The molecule has 0 N–H and O–H groups in total. The Bertz CT molecular complexity index is 1520. The molecule has 0 aliphatic carbocycles. The van der Waals surface area contributed by atoms with Crippen LogP contribution in [0.3, 0.4) is 0 Å². The van der Waals surface area contributed by atoms with Gasteiger partial charge in [0.05, 0.1) is 0 Å². The number of hydrogen-bond acceptors (Lipinski definition) is 6. The molecule has 5 aromatic carbocycles. The molecule has 0 atom stereocenters. The minimum absolute atomic E-state index is 0.167. The molecule has 6 nitrogen and oxygen atoms in total. The molecular weight excluding hydrogens is 862 g/mol. The van der Waals surface area contributed by atoms with E-state index in [4.69, 9.17) is 11.6 Å². The summed E-state index contributed by atoms with van der Waals surface area (Å²) >= 11 is 19.1. The molecule has 62 heavy (non-hydrogen) atoms. The first-order valence-electron chi connectivity index (χ1n) is 20.6. The molecule has 0 spiro atoms. The van der Waals surface area contributed by atoms with Crippen LogP contribution in [0.4, 0.5) is 0 Å². The van der Waals surface area contributed by atoms with Crippen LogP contribution >= 0.6 is 46.4 Å². The van der Waals surface area contributed by atoms with Gasteiger partial charge < -0.3 is 9.59 Å². The van der Waals surface area contributed by atoms with Gasteiger partial charge in [-0.25, -0.2) is 0 Å². The van der Waals surface area contributed by atoms with Crippen LogP contribution in [0.1, 0.15) is 139 Å². The van der Waals surface area contributed by atoms with E-state index >= 15 is 0 Å². The van der Waals surface area contributed by atoms with Gasteiger partial charge >= 0.3 is 0 Å². The minimum Gasteiger partial charge on any atom is -0.300 e. The molecule has 0 saturated heterocycles. The predicted octanol–water partition coefficient (Wildman–Crippen LogP) is 16.8.